The Labute approximate surface area is 334 Å². The van der Waals surface area contributed by atoms with Crippen LogP contribution in [0, 0.1) is 5.92 Å². The molecular weight excluding hydrogens is 761 g/mol. The SMILES string of the molecule is COc1ccc([C@@H](Cc2c(Cl)c[n+](O)cc2Cl)c2cc(COc3cccc([C@@H](NC(=O)O[C@H]4CN5CCC4CC5)c4ccccc4)c3)oc2C(=O)O)cc1OC. The van der Waals surface area contributed by atoms with E-state index in [0.29, 0.717) is 39.9 Å². The van der Waals surface area contributed by atoms with E-state index in [0.717, 1.165) is 48.3 Å². The molecule has 2 aromatic heterocycles. The highest BCUT2D eigenvalue weighted by Gasteiger charge is 2.37. The molecule has 5 aromatic rings. The second-order valence-corrected chi connectivity index (χ2v) is 14.7. The number of hydrogen-bond donors (Lipinski definition) is 3. The summed E-state index contributed by atoms with van der Waals surface area (Å²) in [6.45, 7) is 2.74. The van der Waals surface area contributed by atoms with Gasteiger partial charge in [-0.05, 0) is 85.3 Å². The van der Waals surface area contributed by atoms with Gasteiger partial charge in [-0.15, -0.1) is 0 Å². The second kappa shape index (κ2) is 17.2. The number of carboxylic acid groups (broad SMARTS) is 1. The van der Waals surface area contributed by atoms with Gasteiger partial charge in [0.2, 0.25) is 18.2 Å². The molecule has 56 heavy (non-hydrogen) atoms. The van der Waals surface area contributed by atoms with E-state index in [4.69, 9.17) is 46.6 Å². The van der Waals surface area contributed by atoms with Crippen molar-refractivity contribution in [2.24, 2.45) is 5.92 Å². The number of aromatic carboxylic acids is 1. The van der Waals surface area contributed by atoms with Gasteiger partial charge in [0, 0.05) is 28.3 Å². The van der Waals surface area contributed by atoms with Crippen molar-refractivity contribution in [2.75, 3.05) is 33.9 Å². The average molecular weight is 804 g/mol. The van der Waals surface area contributed by atoms with Crippen LogP contribution >= 0.6 is 23.2 Å². The number of rotatable bonds is 14. The van der Waals surface area contributed by atoms with Crippen molar-refractivity contribution in [1.29, 1.82) is 0 Å². The Bertz CT molecular complexity index is 2170. The fourth-order valence-corrected chi connectivity index (χ4v) is 8.25. The fourth-order valence-electron chi connectivity index (χ4n) is 7.65. The minimum absolute atomic E-state index is 0.106. The van der Waals surface area contributed by atoms with Gasteiger partial charge < -0.3 is 33.8 Å². The van der Waals surface area contributed by atoms with Crippen LogP contribution in [-0.4, -0.2) is 67.2 Å². The molecule has 5 heterocycles. The molecule has 0 unspecified atom stereocenters. The summed E-state index contributed by atoms with van der Waals surface area (Å²) in [6, 6.07) is 23.3. The van der Waals surface area contributed by atoms with Gasteiger partial charge in [0.15, 0.2) is 11.5 Å². The Hall–Kier alpha value is -5.43. The van der Waals surface area contributed by atoms with E-state index in [2.05, 4.69) is 10.2 Å². The summed E-state index contributed by atoms with van der Waals surface area (Å²) in [5.41, 5.74) is 3.14. The van der Waals surface area contributed by atoms with E-state index in [1.54, 1.807) is 30.3 Å². The number of fused-ring (bicyclic) bond motifs is 3. The lowest BCUT2D eigenvalue weighted by molar-refractivity contribution is -0.904. The summed E-state index contributed by atoms with van der Waals surface area (Å²) >= 11 is 13.1. The summed E-state index contributed by atoms with van der Waals surface area (Å²) in [6.07, 6.45) is 4.18. The molecule has 0 aliphatic carbocycles. The third-order valence-electron chi connectivity index (χ3n) is 10.5. The van der Waals surface area contributed by atoms with Crippen molar-refractivity contribution in [3.05, 3.63) is 141 Å². The van der Waals surface area contributed by atoms with Crippen LogP contribution in [0.15, 0.2) is 95.7 Å². The first-order valence-corrected chi connectivity index (χ1v) is 19.0. The molecule has 2 bridgehead atoms. The molecule has 8 rings (SSSR count). The summed E-state index contributed by atoms with van der Waals surface area (Å²) in [5.74, 6) is -0.180. The molecule has 14 heteroatoms. The highest BCUT2D eigenvalue weighted by atomic mass is 35.5. The van der Waals surface area contributed by atoms with Crippen LogP contribution in [0.1, 0.15) is 68.9 Å². The summed E-state index contributed by atoms with van der Waals surface area (Å²) in [4.78, 5) is 28.4. The van der Waals surface area contributed by atoms with Crippen LogP contribution in [-0.2, 0) is 17.8 Å². The van der Waals surface area contributed by atoms with E-state index < -0.39 is 24.0 Å². The number of furan rings is 1. The minimum Gasteiger partial charge on any atom is -0.493 e. The molecule has 12 nitrogen and oxygen atoms in total. The van der Waals surface area contributed by atoms with Crippen LogP contribution < -0.4 is 24.3 Å². The normalized spacial score (nSPS) is 18.5. The zero-order chi connectivity index (χ0) is 39.3. The number of alkyl carbamates (subject to hydrolysis) is 1. The van der Waals surface area contributed by atoms with Crippen molar-refractivity contribution in [1.82, 2.24) is 10.2 Å². The standard InChI is InChI=1S/C42H41Cl2N3O9/c1-52-36-12-11-27(18-37(36)53-2)31(20-33-34(43)21-47(51)22-35(33)44)32-19-30(55-40(32)41(48)49)24-54-29-10-6-9-28(17-29)39(26-7-4-3-5-8-26)45-42(50)56-38-23-46-15-13-25(38)14-16-46/h3-12,17-19,21-22,25,31,38-39H,13-16,20,23-24H2,1-2H3,(H2-,45,48,49,50,51)/p+1/t31-,38+,39+/m1/s1. The smallest absolute Gasteiger partial charge is 0.408 e. The van der Waals surface area contributed by atoms with Crippen LogP contribution in [0.25, 0.3) is 0 Å². The first-order valence-electron chi connectivity index (χ1n) is 18.2. The first-order chi connectivity index (χ1) is 27.1. The van der Waals surface area contributed by atoms with Crippen molar-refractivity contribution in [2.45, 2.75) is 43.9 Å². The molecule has 3 aromatic carbocycles. The molecule has 1 amide bonds. The maximum atomic E-state index is 13.3. The number of pyridine rings is 1. The van der Waals surface area contributed by atoms with Gasteiger partial charge in [0.05, 0.1) is 20.3 Å². The molecule has 3 aliphatic heterocycles. The number of methoxy groups -OCH3 is 2. The third-order valence-corrected chi connectivity index (χ3v) is 11.1. The number of halogens is 2. The van der Waals surface area contributed by atoms with Crippen molar-refractivity contribution in [3.8, 4) is 17.2 Å². The third kappa shape index (κ3) is 8.67. The van der Waals surface area contributed by atoms with Gasteiger partial charge >= 0.3 is 12.1 Å². The van der Waals surface area contributed by atoms with Crippen LogP contribution in [0.5, 0.6) is 17.2 Å². The van der Waals surface area contributed by atoms with Gasteiger partial charge in [0.1, 0.15) is 34.3 Å². The fraction of sp³-hybridized carbons (Fsp3) is 0.310. The molecular formula is C42H42Cl2N3O9+. The highest BCUT2D eigenvalue weighted by molar-refractivity contribution is 6.35. The Morgan fingerprint density at radius 2 is 1.62 bits per heavy atom. The lowest BCUT2D eigenvalue weighted by atomic mass is 9.85. The monoisotopic (exact) mass is 802 g/mol. The number of benzene rings is 3. The molecule has 0 saturated carbocycles. The van der Waals surface area contributed by atoms with E-state index in [-0.39, 0.29) is 40.7 Å². The van der Waals surface area contributed by atoms with Gasteiger partial charge in [-0.3, -0.25) is 10.1 Å². The Morgan fingerprint density at radius 1 is 0.911 bits per heavy atom. The van der Waals surface area contributed by atoms with Crippen molar-refractivity contribution in [3.63, 3.8) is 0 Å². The summed E-state index contributed by atoms with van der Waals surface area (Å²) in [7, 11) is 3.03. The number of nitrogens with zero attached hydrogens (tertiary/aromatic N) is 2. The van der Waals surface area contributed by atoms with Crippen LogP contribution in [0.4, 0.5) is 4.79 Å². The topological polar surface area (TPSA) is 144 Å². The van der Waals surface area contributed by atoms with Crippen LogP contribution in [0.3, 0.4) is 0 Å². The molecule has 292 valence electrons. The van der Waals surface area contributed by atoms with Gasteiger partial charge in [-0.1, -0.05) is 71.7 Å². The molecule has 3 saturated heterocycles. The summed E-state index contributed by atoms with van der Waals surface area (Å²) < 4.78 is 29.9. The maximum Gasteiger partial charge on any atom is 0.408 e. The quantitative estimate of drug-likeness (QED) is 0.0756. The lowest BCUT2D eigenvalue weighted by Crippen LogP contribution is -2.52. The number of ether oxygens (including phenoxy) is 4. The number of carboxylic acids is 1. The number of carbonyl (C=O) groups excluding carboxylic acids is 1. The summed E-state index contributed by atoms with van der Waals surface area (Å²) in [5, 5.41) is 23.8. The molecule has 3 atom stereocenters. The minimum atomic E-state index is -1.28. The van der Waals surface area contributed by atoms with Gasteiger partial charge in [-0.2, -0.15) is 0 Å². The van der Waals surface area contributed by atoms with Crippen molar-refractivity contribution >= 4 is 35.3 Å². The molecule has 0 radical (unpaired) electrons. The lowest BCUT2D eigenvalue weighted by Gasteiger charge is -2.43. The zero-order valence-electron chi connectivity index (χ0n) is 30.8. The van der Waals surface area contributed by atoms with Crippen molar-refractivity contribution < 1.29 is 48.0 Å². The number of aromatic nitrogens is 1. The number of hydrogen-bond acceptors (Lipinski definition) is 9. The van der Waals surface area contributed by atoms with E-state index in [9.17, 15) is 19.9 Å². The molecule has 3 aliphatic rings. The number of piperidine rings is 3. The Morgan fingerprint density at radius 3 is 2.29 bits per heavy atom. The number of amides is 1. The largest absolute Gasteiger partial charge is 0.493 e. The molecule has 0 spiro atoms. The van der Waals surface area contributed by atoms with Crippen LogP contribution in [0.2, 0.25) is 10.0 Å². The molecule has 3 N–H and O–H groups in total. The average Bonchev–Trinajstić information content (AvgIpc) is 3.64. The zero-order valence-corrected chi connectivity index (χ0v) is 32.3. The van der Waals surface area contributed by atoms with Gasteiger partial charge in [-0.25, -0.2) is 9.59 Å². The predicted octanol–water partition coefficient (Wildman–Crippen LogP) is 7.69. The predicted molar refractivity (Wildman–Crippen MR) is 206 cm³/mol. The molecule has 3 fully saturated rings. The number of carbonyl (C=O) groups is 2. The maximum absolute atomic E-state index is 13.3. The first kappa shape index (κ1) is 38.8. The number of nitrogens with one attached hydrogen (secondary N) is 1. The van der Waals surface area contributed by atoms with E-state index >= 15 is 0 Å². The van der Waals surface area contributed by atoms with Gasteiger partial charge in [0.25, 0.3) is 0 Å². The second-order valence-electron chi connectivity index (χ2n) is 13.9. The Balaban J connectivity index is 1.15. The van der Waals surface area contributed by atoms with E-state index in [1.807, 2.05) is 48.5 Å². The highest BCUT2D eigenvalue weighted by Crippen LogP contribution is 2.40. The van der Waals surface area contributed by atoms with E-state index in [1.165, 1.54) is 26.6 Å². The Kier molecular flexibility index (Phi) is 11.9.